The van der Waals surface area contributed by atoms with Gasteiger partial charge >= 0.3 is 0 Å². The predicted molar refractivity (Wildman–Crippen MR) is 92.1 cm³/mol. The van der Waals surface area contributed by atoms with E-state index in [2.05, 4.69) is 12.0 Å². The molecule has 23 heavy (non-hydrogen) atoms. The van der Waals surface area contributed by atoms with Gasteiger partial charge in [-0.2, -0.15) is 10.1 Å². The standard InChI is InChI=1S/C19H20N2O2/c1-13-11-17(23-3)10-9-15(13)12-18-14(2)20-21(19(18)22)16-7-5-4-6-8-16/h4-10,12-13H,11H2,1-3H3/b18-12+. The second-order valence-electron chi connectivity index (χ2n) is 5.80. The van der Waals surface area contributed by atoms with Gasteiger partial charge in [0.05, 0.1) is 29.8 Å². The largest absolute Gasteiger partial charge is 0.501 e. The highest BCUT2D eigenvalue weighted by Gasteiger charge is 2.29. The zero-order valence-electron chi connectivity index (χ0n) is 13.6. The van der Waals surface area contributed by atoms with Gasteiger partial charge in [0, 0.05) is 6.42 Å². The predicted octanol–water partition coefficient (Wildman–Crippen LogP) is 3.83. The summed E-state index contributed by atoms with van der Waals surface area (Å²) in [7, 11) is 1.69. The maximum absolute atomic E-state index is 12.7. The van der Waals surface area contributed by atoms with Crippen LogP contribution < -0.4 is 5.01 Å². The summed E-state index contributed by atoms with van der Waals surface area (Å²) < 4.78 is 5.29. The van der Waals surface area contributed by atoms with Crippen LogP contribution in [0.2, 0.25) is 0 Å². The average Bonchev–Trinajstić information content (AvgIpc) is 2.85. The van der Waals surface area contributed by atoms with Crippen LogP contribution in [0, 0.1) is 5.92 Å². The molecule has 118 valence electrons. The molecule has 4 nitrogen and oxygen atoms in total. The molecule has 1 amide bonds. The molecular formula is C19H20N2O2. The second-order valence-corrected chi connectivity index (χ2v) is 5.80. The molecule has 0 fully saturated rings. The van der Waals surface area contributed by atoms with Crippen molar-refractivity contribution in [3.63, 3.8) is 0 Å². The summed E-state index contributed by atoms with van der Waals surface area (Å²) in [5.74, 6) is 1.20. The molecule has 1 heterocycles. The summed E-state index contributed by atoms with van der Waals surface area (Å²) in [4.78, 5) is 12.7. The summed E-state index contributed by atoms with van der Waals surface area (Å²) in [5.41, 5.74) is 3.31. The van der Waals surface area contributed by atoms with E-state index in [1.54, 1.807) is 7.11 Å². The highest BCUT2D eigenvalue weighted by molar-refractivity contribution is 6.29. The van der Waals surface area contributed by atoms with Gasteiger partial charge in [0.15, 0.2) is 0 Å². The number of methoxy groups -OCH3 is 1. The lowest BCUT2D eigenvalue weighted by atomic mass is 9.90. The Morgan fingerprint density at radius 3 is 2.65 bits per heavy atom. The number of para-hydroxylation sites is 1. The number of carbonyl (C=O) groups is 1. The van der Waals surface area contributed by atoms with E-state index in [0.717, 1.165) is 29.2 Å². The van der Waals surface area contributed by atoms with Crippen LogP contribution in [0.15, 0.2) is 70.6 Å². The molecule has 0 saturated carbocycles. The minimum atomic E-state index is -0.0803. The number of amides is 1. The monoisotopic (exact) mass is 308 g/mol. The summed E-state index contributed by atoms with van der Waals surface area (Å²) in [6.45, 7) is 4.01. The lowest BCUT2D eigenvalue weighted by Gasteiger charge is -2.19. The van der Waals surface area contributed by atoms with Crippen molar-refractivity contribution < 1.29 is 9.53 Å². The van der Waals surface area contributed by atoms with E-state index < -0.39 is 0 Å². The minimum Gasteiger partial charge on any atom is -0.501 e. The zero-order chi connectivity index (χ0) is 16.4. The van der Waals surface area contributed by atoms with Gasteiger partial charge in [-0.25, -0.2) is 0 Å². The summed E-state index contributed by atoms with van der Waals surface area (Å²) >= 11 is 0. The lowest BCUT2D eigenvalue weighted by Crippen LogP contribution is -2.21. The number of allylic oxidation sites excluding steroid dienone is 5. The number of hydrazone groups is 1. The number of ether oxygens (including phenoxy) is 1. The van der Waals surface area contributed by atoms with Crippen molar-refractivity contribution in [2.24, 2.45) is 11.0 Å². The summed E-state index contributed by atoms with van der Waals surface area (Å²) in [6, 6.07) is 9.49. The summed E-state index contributed by atoms with van der Waals surface area (Å²) in [6.07, 6.45) is 6.79. The van der Waals surface area contributed by atoms with E-state index >= 15 is 0 Å². The Morgan fingerprint density at radius 1 is 1.26 bits per heavy atom. The number of benzene rings is 1. The highest BCUT2D eigenvalue weighted by Crippen LogP contribution is 2.29. The van der Waals surface area contributed by atoms with Gasteiger partial charge in [0.2, 0.25) is 0 Å². The molecule has 0 aromatic heterocycles. The number of hydrogen-bond donors (Lipinski definition) is 0. The van der Waals surface area contributed by atoms with Crippen LogP contribution in [0.25, 0.3) is 0 Å². The first-order valence-electron chi connectivity index (χ1n) is 7.71. The third kappa shape index (κ3) is 2.97. The Hall–Kier alpha value is -2.62. The van der Waals surface area contributed by atoms with Gasteiger partial charge < -0.3 is 4.74 Å². The van der Waals surface area contributed by atoms with E-state index in [1.807, 2.05) is 55.5 Å². The minimum absolute atomic E-state index is 0.0803. The van der Waals surface area contributed by atoms with Gasteiger partial charge in [0.1, 0.15) is 0 Å². The number of nitrogens with zero attached hydrogens (tertiary/aromatic N) is 2. The van der Waals surface area contributed by atoms with Crippen LogP contribution in [0.5, 0.6) is 0 Å². The normalized spacial score (nSPS) is 22.8. The van der Waals surface area contributed by atoms with Crippen molar-refractivity contribution in [3.8, 4) is 0 Å². The summed E-state index contributed by atoms with van der Waals surface area (Å²) in [5, 5.41) is 5.87. The SMILES string of the molecule is COC1=CC=C(/C=C2/C(=O)N(c3ccccc3)N=C2C)C(C)C1. The molecule has 1 unspecified atom stereocenters. The maximum Gasteiger partial charge on any atom is 0.280 e. The third-order valence-electron chi connectivity index (χ3n) is 4.17. The molecule has 0 bridgehead atoms. The fourth-order valence-corrected chi connectivity index (χ4v) is 2.78. The van der Waals surface area contributed by atoms with Crippen molar-refractivity contribution in [2.45, 2.75) is 20.3 Å². The molecule has 1 aliphatic heterocycles. The van der Waals surface area contributed by atoms with Crippen LogP contribution >= 0.6 is 0 Å². The molecule has 0 saturated heterocycles. The van der Waals surface area contributed by atoms with Gasteiger partial charge in [0.25, 0.3) is 5.91 Å². The van der Waals surface area contributed by atoms with Gasteiger partial charge in [-0.05, 0) is 42.7 Å². The van der Waals surface area contributed by atoms with E-state index in [4.69, 9.17) is 4.74 Å². The van der Waals surface area contributed by atoms with Crippen LogP contribution in [-0.4, -0.2) is 18.7 Å². The Kier molecular flexibility index (Phi) is 4.15. The van der Waals surface area contributed by atoms with Crippen molar-refractivity contribution in [2.75, 3.05) is 12.1 Å². The molecule has 1 aliphatic carbocycles. The number of rotatable bonds is 3. The van der Waals surface area contributed by atoms with Crippen molar-refractivity contribution >= 4 is 17.3 Å². The second kappa shape index (κ2) is 6.24. The molecule has 1 aromatic carbocycles. The van der Waals surface area contributed by atoms with E-state index in [9.17, 15) is 4.79 Å². The molecule has 0 spiro atoms. The molecule has 3 rings (SSSR count). The van der Waals surface area contributed by atoms with E-state index in [-0.39, 0.29) is 5.91 Å². The fraction of sp³-hybridized carbons (Fsp3) is 0.263. The molecule has 4 heteroatoms. The average molecular weight is 308 g/mol. The molecule has 1 atom stereocenters. The van der Waals surface area contributed by atoms with Gasteiger partial charge in [-0.15, -0.1) is 0 Å². The Balaban J connectivity index is 1.90. The van der Waals surface area contributed by atoms with Crippen LogP contribution in [0.3, 0.4) is 0 Å². The van der Waals surface area contributed by atoms with Crippen LogP contribution in [-0.2, 0) is 9.53 Å². The molecule has 1 aromatic rings. The van der Waals surface area contributed by atoms with Crippen LogP contribution in [0.4, 0.5) is 5.69 Å². The fourth-order valence-electron chi connectivity index (χ4n) is 2.78. The molecule has 2 aliphatic rings. The first-order chi connectivity index (χ1) is 11.1. The Morgan fingerprint density at radius 2 is 2.00 bits per heavy atom. The smallest absolute Gasteiger partial charge is 0.280 e. The molecular weight excluding hydrogens is 288 g/mol. The number of carbonyl (C=O) groups excluding carboxylic acids is 1. The quantitative estimate of drug-likeness (QED) is 0.796. The third-order valence-corrected chi connectivity index (χ3v) is 4.17. The number of hydrogen-bond acceptors (Lipinski definition) is 3. The molecule has 0 N–H and O–H groups in total. The van der Waals surface area contributed by atoms with Crippen molar-refractivity contribution in [1.29, 1.82) is 0 Å². The first-order valence-corrected chi connectivity index (χ1v) is 7.71. The number of anilines is 1. The Bertz CT molecular complexity index is 742. The van der Waals surface area contributed by atoms with E-state index in [1.165, 1.54) is 5.01 Å². The van der Waals surface area contributed by atoms with Crippen molar-refractivity contribution in [3.05, 3.63) is 65.5 Å². The van der Waals surface area contributed by atoms with Gasteiger partial charge in [-0.1, -0.05) is 31.2 Å². The first kappa shape index (κ1) is 15.3. The highest BCUT2D eigenvalue weighted by atomic mass is 16.5. The topological polar surface area (TPSA) is 41.9 Å². The van der Waals surface area contributed by atoms with Crippen LogP contribution in [0.1, 0.15) is 20.3 Å². The maximum atomic E-state index is 12.7. The molecule has 0 radical (unpaired) electrons. The zero-order valence-corrected chi connectivity index (χ0v) is 13.6. The van der Waals surface area contributed by atoms with Crippen molar-refractivity contribution in [1.82, 2.24) is 0 Å². The Labute approximate surface area is 136 Å². The lowest BCUT2D eigenvalue weighted by molar-refractivity contribution is -0.114. The van der Waals surface area contributed by atoms with E-state index in [0.29, 0.717) is 11.5 Å². The van der Waals surface area contributed by atoms with Gasteiger partial charge in [-0.3, -0.25) is 4.79 Å².